The lowest BCUT2D eigenvalue weighted by atomic mass is 10.4. The fraction of sp³-hybridized carbons (Fsp3) is 0.571. The van der Waals surface area contributed by atoms with Crippen LogP contribution in [0.5, 0.6) is 0 Å². The first kappa shape index (κ1) is 7.28. The number of nitrogens with zero attached hydrogens (tertiary/aromatic N) is 1. The molecule has 0 radical (unpaired) electrons. The number of H-pyrrole nitrogens is 1. The Bertz CT molecular complexity index is 195. The lowest BCUT2D eigenvalue weighted by Gasteiger charge is -1.93. The van der Waals surface area contributed by atoms with Crippen LogP contribution < -0.4 is 4.57 Å². The van der Waals surface area contributed by atoms with Crippen LogP contribution in [0.1, 0.15) is 12.2 Å². The number of aromatic nitrogens is 2. The second-order valence-electron chi connectivity index (χ2n) is 2.32. The molecular weight excluding hydrogens is 128 g/mol. The van der Waals surface area contributed by atoms with E-state index < -0.39 is 0 Å². The summed E-state index contributed by atoms with van der Waals surface area (Å²) in [7, 11) is 0. The van der Waals surface area contributed by atoms with Crippen molar-refractivity contribution in [2.75, 3.05) is 6.61 Å². The number of rotatable bonds is 3. The van der Waals surface area contributed by atoms with Crippen LogP contribution in [-0.2, 0) is 6.54 Å². The topological polar surface area (TPSA) is 39.9 Å². The summed E-state index contributed by atoms with van der Waals surface area (Å²) < 4.78 is 2.08. The van der Waals surface area contributed by atoms with Crippen molar-refractivity contribution in [2.45, 2.75) is 19.9 Å². The van der Waals surface area contributed by atoms with Crippen LogP contribution in [0.2, 0.25) is 0 Å². The van der Waals surface area contributed by atoms with E-state index in [4.69, 9.17) is 5.11 Å². The van der Waals surface area contributed by atoms with Gasteiger partial charge in [0.1, 0.15) is 12.4 Å². The van der Waals surface area contributed by atoms with Crippen molar-refractivity contribution in [3.63, 3.8) is 0 Å². The lowest BCUT2D eigenvalue weighted by Crippen LogP contribution is -2.34. The fourth-order valence-electron chi connectivity index (χ4n) is 0.926. The molecule has 1 rings (SSSR count). The molecule has 0 amide bonds. The fourth-order valence-corrected chi connectivity index (χ4v) is 0.926. The van der Waals surface area contributed by atoms with Gasteiger partial charge in [-0.1, -0.05) is 0 Å². The molecule has 0 fully saturated rings. The standard InChI is InChI=1S/C7H12N2O/c1-7-8-3-5-9(7)4-2-6-10/h3,5,10H,2,4,6H2,1H3/p+1. The highest BCUT2D eigenvalue weighted by Gasteiger charge is 2.01. The maximum absolute atomic E-state index is 8.53. The summed E-state index contributed by atoms with van der Waals surface area (Å²) in [4.78, 5) is 3.06. The summed E-state index contributed by atoms with van der Waals surface area (Å²) in [5, 5.41) is 8.53. The summed E-state index contributed by atoms with van der Waals surface area (Å²) in [5.41, 5.74) is 0. The number of hydrogen-bond donors (Lipinski definition) is 2. The molecule has 10 heavy (non-hydrogen) atoms. The van der Waals surface area contributed by atoms with Gasteiger partial charge in [0.15, 0.2) is 0 Å². The zero-order chi connectivity index (χ0) is 7.40. The van der Waals surface area contributed by atoms with Gasteiger partial charge in [0, 0.05) is 20.0 Å². The van der Waals surface area contributed by atoms with Crippen LogP contribution in [0.3, 0.4) is 0 Å². The number of imidazole rings is 1. The number of aryl methyl sites for hydroxylation is 2. The zero-order valence-corrected chi connectivity index (χ0v) is 6.17. The van der Waals surface area contributed by atoms with Gasteiger partial charge in [-0.05, 0) is 0 Å². The molecular formula is C7H13N2O+. The highest BCUT2D eigenvalue weighted by Crippen LogP contribution is 1.83. The third-order valence-electron chi connectivity index (χ3n) is 1.53. The van der Waals surface area contributed by atoms with Crippen molar-refractivity contribution >= 4 is 0 Å². The highest BCUT2D eigenvalue weighted by atomic mass is 16.3. The SMILES string of the molecule is Cc1[nH]cc[n+]1CCCO. The highest BCUT2D eigenvalue weighted by molar-refractivity contribution is 4.70. The summed E-state index contributed by atoms with van der Waals surface area (Å²) in [5.74, 6) is 1.13. The van der Waals surface area contributed by atoms with Gasteiger partial charge in [0.25, 0.3) is 5.82 Å². The van der Waals surface area contributed by atoms with Gasteiger partial charge >= 0.3 is 0 Å². The molecule has 1 heterocycles. The van der Waals surface area contributed by atoms with E-state index in [1.807, 2.05) is 19.3 Å². The minimum absolute atomic E-state index is 0.262. The molecule has 0 atom stereocenters. The predicted octanol–water partition coefficient (Wildman–Crippen LogP) is -0.00698. The molecule has 56 valence electrons. The second kappa shape index (κ2) is 3.37. The van der Waals surface area contributed by atoms with E-state index in [9.17, 15) is 0 Å². The molecule has 0 aromatic carbocycles. The monoisotopic (exact) mass is 141 g/mol. The summed E-state index contributed by atoms with van der Waals surface area (Å²) >= 11 is 0. The van der Waals surface area contributed by atoms with Gasteiger partial charge in [0.2, 0.25) is 0 Å². The van der Waals surface area contributed by atoms with Gasteiger partial charge in [-0.3, -0.25) is 0 Å². The van der Waals surface area contributed by atoms with E-state index >= 15 is 0 Å². The Labute approximate surface area is 60.3 Å². The average molecular weight is 141 g/mol. The van der Waals surface area contributed by atoms with Crippen LogP contribution in [0, 0.1) is 6.92 Å². The third kappa shape index (κ3) is 1.57. The smallest absolute Gasteiger partial charge is 0.251 e. The van der Waals surface area contributed by atoms with Crippen LogP contribution >= 0.6 is 0 Å². The first-order chi connectivity index (χ1) is 4.84. The Morgan fingerprint density at radius 2 is 2.50 bits per heavy atom. The van der Waals surface area contributed by atoms with Crippen LogP contribution in [0.25, 0.3) is 0 Å². The average Bonchev–Trinajstić information content (AvgIpc) is 2.31. The first-order valence-corrected chi connectivity index (χ1v) is 3.49. The molecule has 0 aliphatic rings. The number of aliphatic hydroxyl groups is 1. The van der Waals surface area contributed by atoms with Crippen LogP contribution in [0.15, 0.2) is 12.4 Å². The first-order valence-electron chi connectivity index (χ1n) is 3.49. The van der Waals surface area contributed by atoms with Crippen molar-refractivity contribution < 1.29 is 9.67 Å². The van der Waals surface area contributed by atoms with Crippen molar-refractivity contribution in [1.82, 2.24) is 4.98 Å². The van der Waals surface area contributed by atoms with Crippen LogP contribution in [0.4, 0.5) is 0 Å². The maximum Gasteiger partial charge on any atom is 0.251 e. The molecule has 3 heteroatoms. The Morgan fingerprint density at radius 1 is 1.70 bits per heavy atom. The van der Waals surface area contributed by atoms with Crippen molar-refractivity contribution in [3.8, 4) is 0 Å². The Balaban J connectivity index is 2.49. The Hall–Kier alpha value is -0.830. The number of aromatic amines is 1. The molecule has 1 aromatic rings. The molecule has 1 aromatic heterocycles. The number of hydrogen-bond acceptors (Lipinski definition) is 1. The van der Waals surface area contributed by atoms with Gasteiger partial charge in [-0.2, -0.15) is 0 Å². The molecule has 0 saturated carbocycles. The molecule has 3 nitrogen and oxygen atoms in total. The molecule has 2 N–H and O–H groups in total. The predicted molar refractivity (Wildman–Crippen MR) is 37.4 cm³/mol. The maximum atomic E-state index is 8.53. The van der Waals surface area contributed by atoms with E-state index in [-0.39, 0.29) is 6.61 Å². The summed E-state index contributed by atoms with van der Waals surface area (Å²) in [6, 6.07) is 0. The van der Waals surface area contributed by atoms with Crippen molar-refractivity contribution in [3.05, 3.63) is 18.2 Å². The summed E-state index contributed by atoms with van der Waals surface area (Å²) in [6.45, 7) is 3.17. The van der Waals surface area contributed by atoms with Gasteiger partial charge < -0.3 is 5.11 Å². The third-order valence-corrected chi connectivity index (χ3v) is 1.53. The lowest BCUT2D eigenvalue weighted by molar-refractivity contribution is -0.702. The number of aliphatic hydroxyl groups excluding tert-OH is 1. The second-order valence-corrected chi connectivity index (χ2v) is 2.32. The van der Waals surface area contributed by atoms with Gasteiger partial charge in [-0.25, -0.2) is 9.55 Å². The van der Waals surface area contributed by atoms with Gasteiger partial charge in [-0.15, -0.1) is 0 Å². The van der Waals surface area contributed by atoms with Crippen molar-refractivity contribution in [1.29, 1.82) is 0 Å². The van der Waals surface area contributed by atoms with Crippen molar-refractivity contribution in [2.24, 2.45) is 0 Å². The number of nitrogens with one attached hydrogen (secondary N) is 1. The molecule has 0 unspecified atom stereocenters. The van der Waals surface area contributed by atoms with E-state index in [2.05, 4.69) is 9.55 Å². The zero-order valence-electron chi connectivity index (χ0n) is 6.17. The Morgan fingerprint density at radius 3 is 3.00 bits per heavy atom. The van der Waals surface area contributed by atoms with E-state index in [0.29, 0.717) is 0 Å². The molecule has 0 aliphatic carbocycles. The van der Waals surface area contributed by atoms with E-state index in [0.717, 1.165) is 18.8 Å². The normalized spacial score (nSPS) is 10.2. The van der Waals surface area contributed by atoms with E-state index in [1.165, 1.54) is 0 Å². The van der Waals surface area contributed by atoms with Gasteiger partial charge in [0.05, 0.1) is 6.54 Å². The van der Waals surface area contributed by atoms with E-state index in [1.54, 1.807) is 0 Å². The minimum atomic E-state index is 0.262. The Kier molecular flexibility index (Phi) is 2.45. The molecule has 0 saturated heterocycles. The molecule has 0 spiro atoms. The minimum Gasteiger partial charge on any atom is -0.396 e. The van der Waals surface area contributed by atoms with Crippen LogP contribution in [-0.4, -0.2) is 16.7 Å². The summed E-state index contributed by atoms with van der Waals surface area (Å²) in [6.07, 6.45) is 4.70. The quantitative estimate of drug-likeness (QED) is 0.571. The molecule has 0 bridgehead atoms. The largest absolute Gasteiger partial charge is 0.396 e. The molecule has 0 aliphatic heterocycles.